The van der Waals surface area contributed by atoms with Crippen LogP contribution in [0.5, 0.6) is 5.75 Å². The summed E-state index contributed by atoms with van der Waals surface area (Å²) in [5.41, 5.74) is 1.44. The first kappa shape index (κ1) is 14.5. The van der Waals surface area contributed by atoms with Crippen LogP contribution in [0, 0.1) is 17.1 Å². The summed E-state index contributed by atoms with van der Waals surface area (Å²) in [7, 11) is 0. The lowest BCUT2D eigenvalue weighted by Crippen LogP contribution is -2.00. The summed E-state index contributed by atoms with van der Waals surface area (Å²) in [4.78, 5) is 0. The third-order valence-corrected chi connectivity index (χ3v) is 3.31. The van der Waals surface area contributed by atoms with E-state index in [0.29, 0.717) is 21.3 Å². The Hall–Kier alpha value is -1.90. The molecule has 2 aromatic carbocycles. The summed E-state index contributed by atoms with van der Waals surface area (Å²) in [6.45, 7) is -0.0383. The molecular formula is C15H11BrFNO2. The van der Waals surface area contributed by atoms with E-state index in [9.17, 15) is 9.50 Å². The largest absolute Gasteiger partial charge is 0.487 e. The Kier molecular flexibility index (Phi) is 4.72. The van der Waals surface area contributed by atoms with Gasteiger partial charge in [0.15, 0.2) is 0 Å². The molecule has 0 unspecified atom stereocenters. The van der Waals surface area contributed by atoms with Gasteiger partial charge < -0.3 is 9.84 Å². The van der Waals surface area contributed by atoms with Gasteiger partial charge in [-0.05, 0) is 45.8 Å². The standard InChI is InChI=1S/C15H11BrFNO2/c16-14-3-1-2-12(8-19)15(14)20-9-11-4-10(7-18)5-13(17)6-11/h1-6,19H,8-9H2. The zero-order valence-corrected chi connectivity index (χ0v) is 12.0. The van der Waals surface area contributed by atoms with E-state index >= 15 is 0 Å². The molecule has 0 aromatic heterocycles. The number of aliphatic hydroxyl groups excluding tert-OH is 1. The molecule has 0 fully saturated rings. The summed E-state index contributed by atoms with van der Waals surface area (Å²) < 4.78 is 19.6. The minimum atomic E-state index is -0.475. The van der Waals surface area contributed by atoms with Gasteiger partial charge in [-0.2, -0.15) is 5.26 Å². The lowest BCUT2D eigenvalue weighted by molar-refractivity contribution is 0.258. The third kappa shape index (κ3) is 3.35. The van der Waals surface area contributed by atoms with Crippen LogP contribution in [0.15, 0.2) is 40.9 Å². The van der Waals surface area contributed by atoms with E-state index in [2.05, 4.69) is 15.9 Å². The van der Waals surface area contributed by atoms with Crippen molar-refractivity contribution in [3.05, 3.63) is 63.4 Å². The first-order valence-electron chi connectivity index (χ1n) is 5.84. The van der Waals surface area contributed by atoms with Gasteiger partial charge in [0, 0.05) is 5.56 Å². The van der Waals surface area contributed by atoms with E-state index in [-0.39, 0.29) is 18.8 Å². The Morgan fingerprint density at radius 3 is 2.80 bits per heavy atom. The van der Waals surface area contributed by atoms with Crippen LogP contribution in [-0.2, 0) is 13.2 Å². The van der Waals surface area contributed by atoms with Crippen LogP contribution in [0.2, 0.25) is 0 Å². The quantitative estimate of drug-likeness (QED) is 0.929. The molecule has 0 saturated heterocycles. The van der Waals surface area contributed by atoms with Crippen LogP contribution in [-0.4, -0.2) is 5.11 Å². The zero-order chi connectivity index (χ0) is 14.5. The molecule has 0 saturated carbocycles. The fraction of sp³-hybridized carbons (Fsp3) is 0.133. The second kappa shape index (κ2) is 6.51. The lowest BCUT2D eigenvalue weighted by atomic mass is 10.1. The van der Waals surface area contributed by atoms with Gasteiger partial charge >= 0.3 is 0 Å². The number of para-hydroxylation sites is 1. The van der Waals surface area contributed by atoms with Crippen LogP contribution >= 0.6 is 15.9 Å². The summed E-state index contributed by atoms with van der Waals surface area (Å²) in [5.74, 6) is 0.0370. The number of hydrogen-bond donors (Lipinski definition) is 1. The topological polar surface area (TPSA) is 53.2 Å². The number of nitriles is 1. The van der Waals surface area contributed by atoms with Gasteiger partial charge in [-0.25, -0.2) is 4.39 Å². The fourth-order valence-corrected chi connectivity index (χ4v) is 2.32. The third-order valence-electron chi connectivity index (χ3n) is 2.69. The molecule has 0 aliphatic rings. The van der Waals surface area contributed by atoms with E-state index in [1.165, 1.54) is 12.1 Å². The second-order valence-electron chi connectivity index (χ2n) is 4.13. The van der Waals surface area contributed by atoms with Crippen molar-refractivity contribution in [3.63, 3.8) is 0 Å². The second-order valence-corrected chi connectivity index (χ2v) is 4.99. The fourth-order valence-electron chi connectivity index (χ4n) is 1.79. The first-order chi connectivity index (χ1) is 9.63. The highest BCUT2D eigenvalue weighted by molar-refractivity contribution is 9.10. The Labute approximate surface area is 124 Å². The molecule has 20 heavy (non-hydrogen) atoms. The lowest BCUT2D eigenvalue weighted by Gasteiger charge is -2.12. The Morgan fingerprint density at radius 1 is 1.30 bits per heavy atom. The summed E-state index contributed by atoms with van der Waals surface area (Å²) in [5, 5.41) is 18.1. The summed E-state index contributed by atoms with van der Waals surface area (Å²) in [6.07, 6.45) is 0. The molecule has 0 bridgehead atoms. The number of benzene rings is 2. The predicted octanol–water partition coefficient (Wildman–Crippen LogP) is 3.53. The summed E-state index contributed by atoms with van der Waals surface area (Å²) >= 11 is 3.34. The van der Waals surface area contributed by atoms with Crippen molar-refractivity contribution in [2.75, 3.05) is 0 Å². The minimum Gasteiger partial charge on any atom is -0.487 e. The normalized spacial score (nSPS) is 10.1. The number of aliphatic hydroxyl groups is 1. The highest BCUT2D eigenvalue weighted by Crippen LogP contribution is 2.30. The van der Waals surface area contributed by atoms with Crippen molar-refractivity contribution in [1.29, 1.82) is 5.26 Å². The molecular weight excluding hydrogens is 325 g/mol. The molecule has 0 aliphatic carbocycles. The van der Waals surface area contributed by atoms with E-state index in [4.69, 9.17) is 10.00 Å². The van der Waals surface area contributed by atoms with Gasteiger partial charge in [0.05, 0.1) is 22.7 Å². The van der Waals surface area contributed by atoms with Crippen molar-refractivity contribution in [3.8, 4) is 11.8 Å². The van der Waals surface area contributed by atoms with Gasteiger partial charge in [0.2, 0.25) is 0 Å². The number of rotatable bonds is 4. The van der Waals surface area contributed by atoms with Crippen LogP contribution in [0.4, 0.5) is 4.39 Å². The predicted molar refractivity (Wildman–Crippen MR) is 75.5 cm³/mol. The van der Waals surface area contributed by atoms with Gasteiger partial charge in [-0.3, -0.25) is 0 Å². The van der Waals surface area contributed by atoms with Crippen molar-refractivity contribution in [2.24, 2.45) is 0 Å². The highest BCUT2D eigenvalue weighted by Gasteiger charge is 2.08. The molecule has 2 aromatic rings. The van der Waals surface area contributed by atoms with Crippen molar-refractivity contribution in [2.45, 2.75) is 13.2 Å². The van der Waals surface area contributed by atoms with Crippen molar-refractivity contribution >= 4 is 15.9 Å². The number of nitrogens with zero attached hydrogens (tertiary/aromatic N) is 1. The van der Waals surface area contributed by atoms with Gasteiger partial charge in [-0.15, -0.1) is 0 Å². The molecule has 0 radical (unpaired) electrons. The van der Waals surface area contributed by atoms with E-state index in [1.54, 1.807) is 24.3 Å². The maximum Gasteiger partial charge on any atom is 0.139 e. The summed E-state index contributed by atoms with van der Waals surface area (Å²) in [6, 6.07) is 11.3. The molecule has 5 heteroatoms. The van der Waals surface area contributed by atoms with Gasteiger partial charge in [0.1, 0.15) is 18.2 Å². The first-order valence-corrected chi connectivity index (χ1v) is 6.64. The van der Waals surface area contributed by atoms with Crippen LogP contribution in [0.3, 0.4) is 0 Å². The average Bonchev–Trinajstić information content (AvgIpc) is 2.45. The Bertz CT molecular complexity index is 667. The molecule has 102 valence electrons. The Balaban J connectivity index is 2.21. The number of hydrogen-bond acceptors (Lipinski definition) is 3. The highest BCUT2D eigenvalue weighted by atomic mass is 79.9. The van der Waals surface area contributed by atoms with E-state index in [0.717, 1.165) is 0 Å². The Morgan fingerprint density at radius 2 is 2.10 bits per heavy atom. The number of ether oxygens (including phenoxy) is 1. The monoisotopic (exact) mass is 335 g/mol. The minimum absolute atomic E-state index is 0.113. The van der Waals surface area contributed by atoms with E-state index in [1.807, 2.05) is 6.07 Å². The molecule has 3 nitrogen and oxygen atoms in total. The molecule has 0 heterocycles. The van der Waals surface area contributed by atoms with Crippen LogP contribution in [0.1, 0.15) is 16.7 Å². The van der Waals surface area contributed by atoms with Crippen LogP contribution < -0.4 is 4.74 Å². The molecule has 0 spiro atoms. The maximum absolute atomic E-state index is 13.3. The SMILES string of the molecule is N#Cc1cc(F)cc(COc2c(Br)cccc2CO)c1. The molecule has 0 aliphatic heterocycles. The van der Waals surface area contributed by atoms with Gasteiger partial charge in [0.25, 0.3) is 0 Å². The number of halogens is 2. The molecule has 0 amide bonds. The van der Waals surface area contributed by atoms with Crippen molar-refractivity contribution in [1.82, 2.24) is 0 Å². The molecule has 0 atom stereocenters. The van der Waals surface area contributed by atoms with E-state index < -0.39 is 5.82 Å². The zero-order valence-electron chi connectivity index (χ0n) is 10.4. The maximum atomic E-state index is 13.3. The van der Waals surface area contributed by atoms with Crippen molar-refractivity contribution < 1.29 is 14.2 Å². The molecule has 2 rings (SSSR count). The molecule has 1 N–H and O–H groups in total. The van der Waals surface area contributed by atoms with Crippen LogP contribution in [0.25, 0.3) is 0 Å². The average molecular weight is 336 g/mol. The van der Waals surface area contributed by atoms with Gasteiger partial charge in [-0.1, -0.05) is 12.1 Å². The smallest absolute Gasteiger partial charge is 0.139 e.